The lowest BCUT2D eigenvalue weighted by atomic mass is 10.2. The van der Waals surface area contributed by atoms with Gasteiger partial charge in [0.05, 0.1) is 4.90 Å². The van der Waals surface area contributed by atoms with Crippen molar-refractivity contribution in [2.75, 3.05) is 5.73 Å². The van der Waals surface area contributed by atoms with Crippen LogP contribution in [0, 0.1) is 11.6 Å². The molecule has 0 radical (unpaired) electrons. The highest BCUT2D eigenvalue weighted by atomic mass is 79.9. The fourth-order valence-electron chi connectivity index (χ4n) is 1.48. The molecule has 0 amide bonds. The number of thioether (sulfide) groups is 1. The molecule has 2 rings (SSSR count). The predicted octanol–water partition coefficient (Wildman–Crippen LogP) is 4.60. The van der Waals surface area contributed by atoms with E-state index in [9.17, 15) is 8.78 Å². The van der Waals surface area contributed by atoms with Crippen LogP contribution >= 0.6 is 27.7 Å². The summed E-state index contributed by atoms with van der Waals surface area (Å²) in [6, 6.07) is 9.84. The zero-order valence-electron chi connectivity index (χ0n) is 9.29. The van der Waals surface area contributed by atoms with Gasteiger partial charge in [-0.15, -0.1) is 11.8 Å². The van der Waals surface area contributed by atoms with Gasteiger partial charge in [0.25, 0.3) is 0 Å². The molecule has 0 fully saturated rings. The Morgan fingerprint density at radius 2 is 1.72 bits per heavy atom. The Labute approximate surface area is 117 Å². The van der Waals surface area contributed by atoms with Crippen LogP contribution in [0.2, 0.25) is 0 Å². The maximum Gasteiger partial charge on any atom is 0.141 e. The molecule has 0 saturated carbocycles. The molecule has 2 N–H and O–H groups in total. The van der Waals surface area contributed by atoms with Crippen LogP contribution in [0.25, 0.3) is 0 Å². The second-order valence-electron chi connectivity index (χ2n) is 3.69. The van der Waals surface area contributed by atoms with E-state index in [1.54, 1.807) is 0 Å². The van der Waals surface area contributed by atoms with Crippen molar-refractivity contribution in [2.24, 2.45) is 0 Å². The first-order valence-electron chi connectivity index (χ1n) is 5.18. The summed E-state index contributed by atoms with van der Waals surface area (Å²) >= 11 is 4.51. The van der Waals surface area contributed by atoms with Gasteiger partial charge in [-0.05, 0) is 23.8 Å². The summed E-state index contributed by atoms with van der Waals surface area (Å²) in [4.78, 5) is -0.0000435. The quantitative estimate of drug-likeness (QED) is 0.657. The Balaban J connectivity index is 2.19. The summed E-state index contributed by atoms with van der Waals surface area (Å²) in [7, 11) is 0. The van der Waals surface area contributed by atoms with Crippen molar-refractivity contribution in [3.05, 3.63) is 58.1 Å². The van der Waals surface area contributed by atoms with Gasteiger partial charge in [0.15, 0.2) is 0 Å². The van der Waals surface area contributed by atoms with E-state index in [0.29, 0.717) is 5.75 Å². The second-order valence-corrected chi connectivity index (χ2v) is 5.53. The van der Waals surface area contributed by atoms with Gasteiger partial charge in [-0.25, -0.2) is 8.78 Å². The normalized spacial score (nSPS) is 10.6. The minimum Gasteiger partial charge on any atom is -0.399 e. The fraction of sp³-hybridized carbons (Fsp3) is 0.0769. The summed E-state index contributed by atoms with van der Waals surface area (Å²) in [5, 5.41) is 0. The lowest BCUT2D eigenvalue weighted by Gasteiger charge is -2.07. The monoisotopic (exact) mass is 329 g/mol. The molecule has 0 aromatic heterocycles. The zero-order valence-corrected chi connectivity index (χ0v) is 11.7. The number of rotatable bonds is 3. The maximum atomic E-state index is 13.6. The van der Waals surface area contributed by atoms with E-state index in [2.05, 4.69) is 15.9 Å². The number of nitrogen functional groups attached to an aromatic ring is 1. The van der Waals surface area contributed by atoms with E-state index in [0.717, 1.165) is 33.9 Å². The molecule has 1 nitrogen and oxygen atoms in total. The average Bonchev–Trinajstić information content (AvgIpc) is 2.30. The van der Waals surface area contributed by atoms with Crippen molar-refractivity contribution in [1.29, 1.82) is 0 Å². The number of nitrogens with two attached hydrogens (primary N) is 1. The Kier molecular flexibility index (Phi) is 4.24. The van der Waals surface area contributed by atoms with Crippen molar-refractivity contribution in [3.8, 4) is 0 Å². The molecule has 0 spiro atoms. The fourth-order valence-corrected chi connectivity index (χ4v) is 3.04. The van der Waals surface area contributed by atoms with E-state index in [-0.39, 0.29) is 10.6 Å². The third-order valence-electron chi connectivity index (χ3n) is 2.35. The van der Waals surface area contributed by atoms with Crippen LogP contribution in [0.15, 0.2) is 45.8 Å². The first kappa shape index (κ1) is 13.4. The average molecular weight is 330 g/mol. The first-order valence-corrected chi connectivity index (χ1v) is 6.96. The minimum atomic E-state index is -0.621. The van der Waals surface area contributed by atoms with Gasteiger partial charge in [0.1, 0.15) is 11.6 Å². The molecule has 0 saturated heterocycles. The van der Waals surface area contributed by atoms with E-state index < -0.39 is 11.6 Å². The third-order valence-corrected chi connectivity index (χ3v) is 4.26. The molecule has 18 heavy (non-hydrogen) atoms. The Bertz CT molecular complexity index is 552. The number of halogens is 3. The van der Waals surface area contributed by atoms with Gasteiger partial charge in [-0.2, -0.15) is 0 Å². The van der Waals surface area contributed by atoms with Crippen molar-refractivity contribution in [1.82, 2.24) is 0 Å². The van der Waals surface area contributed by atoms with Gasteiger partial charge in [-0.1, -0.05) is 34.1 Å². The van der Waals surface area contributed by atoms with Gasteiger partial charge < -0.3 is 5.73 Å². The lowest BCUT2D eigenvalue weighted by Crippen LogP contribution is -1.93. The standard InChI is InChI=1S/C13H10BrF2NS/c14-10-4-2-1-3-8(10)7-18-13-11(15)5-9(17)6-12(13)16/h1-6H,7,17H2. The van der Waals surface area contributed by atoms with E-state index >= 15 is 0 Å². The topological polar surface area (TPSA) is 26.0 Å². The van der Waals surface area contributed by atoms with Gasteiger partial charge in [0, 0.05) is 15.9 Å². The minimum absolute atomic E-state index is 0.0000435. The van der Waals surface area contributed by atoms with Crippen molar-refractivity contribution >= 4 is 33.4 Å². The summed E-state index contributed by atoms with van der Waals surface area (Å²) in [6.07, 6.45) is 0. The van der Waals surface area contributed by atoms with E-state index in [1.807, 2.05) is 24.3 Å². The molecule has 94 valence electrons. The molecule has 2 aromatic rings. The summed E-state index contributed by atoms with van der Waals surface area (Å²) in [6.45, 7) is 0. The largest absolute Gasteiger partial charge is 0.399 e. The molecule has 0 atom stereocenters. The second kappa shape index (κ2) is 5.71. The third kappa shape index (κ3) is 3.03. The maximum absolute atomic E-state index is 13.6. The van der Waals surface area contributed by atoms with Crippen molar-refractivity contribution in [3.63, 3.8) is 0 Å². The van der Waals surface area contributed by atoms with Crippen LogP contribution in [0.5, 0.6) is 0 Å². The molecule has 0 bridgehead atoms. The summed E-state index contributed by atoms with van der Waals surface area (Å²) < 4.78 is 28.0. The van der Waals surface area contributed by atoms with E-state index in [1.165, 1.54) is 0 Å². The SMILES string of the molecule is Nc1cc(F)c(SCc2ccccc2Br)c(F)c1. The van der Waals surface area contributed by atoms with Gasteiger partial charge >= 0.3 is 0 Å². The molecule has 5 heteroatoms. The summed E-state index contributed by atoms with van der Waals surface area (Å²) in [5.74, 6) is -0.756. The van der Waals surface area contributed by atoms with Crippen molar-refractivity contribution < 1.29 is 8.78 Å². The molecular formula is C13H10BrF2NS. The predicted molar refractivity (Wildman–Crippen MR) is 74.5 cm³/mol. The van der Waals surface area contributed by atoms with E-state index in [4.69, 9.17) is 5.73 Å². The molecule has 0 heterocycles. The highest BCUT2D eigenvalue weighted by Crippen LogP contribution is 2.31. The molecule has 0 aliphatic carbocycles. The zero-order chi connectivity index (χ0) is 13.1. The molecule has 0 aliphatic rings. The number of anilines is 1. The Morgan fingerprint density at radius 3 is 2.33 bits per heavy atom. The van der Waals surface area contributed by atoms with Gasteiger partial charge in [-0.3, -0.25) is 0 Å². The molecule has 0 aliphatic heterocycles. The van der Waals surface area contributed by atoms with Gasteiger partial charge in [0.2, 0.25) is 0 Å². The number of hydrogen-bond donors (Lipinski definition) is 1. The van der Waals surface area contributed by atoms with Crippen LogP contribution in [0.1, 0.15) is 5.56 Å². The molecular weight excluding hydrogens is 320 g/mol. The molecule has 0 unspecified atom stereocenters. The van der Waals surface area contributed by atoms with Crippen LogP contribution in [0.3, 0.4) is 0 Å². The highest BCUT2D eigenvalue weighted by molar-refractivity contribution is 9.10. The number of benzene rings is 2. The van der Waals surface area contributed by atoms with Crippen molar-refractivity contribution in [2.45, 2.75) is 10.6 Å². The first-order chi connectivity index (χ1) is 8.58. The Morgan fingerprint density at radius 1 is 1.11 bits per heavy atom. The van der Waals surface area contributed by atoms with Crippen LogP contribution in [0.4, 0.5) is 14.5 Å². The Hall–Kier alpha value is -1.07. The molecule has 2 aromatic carbocycles. The number of hydrogen-bond acceptors (Lipinski definition) is 2. The highest BCUT2D eigenvalue weighted by Gasteiger charge is 2.11. The van der Waals surface area contributed by atoms with Crippen LogP contribution < -0.4 is 5.73 Å². The van der Waals surface area contributed by atoms with Crippen LogP contribution in [-0.4, -0.2) is 0 Å². The summed E-state index contributed by atoms with van der Waals surface area (Å²) in [5.41, 5.74) is 6.44. The van der Waals surface area contributed by atoms with Crippen LogP contribution in [-0.2, 0) is 5.75 Å². The lowest BCUT2D eigenvalue weighted by molar-refractivity contribution is 0.542. The smallest absolute Gasteiger partial charge is 0.141 e.